The molecular weight excluding hydrogens is 288 g/mol. The molecule has 0 radical (unpaired) electrons. The number of methoxy groups -OCH3 is 1. The molecule has 0 spiro atoms. The van der Waals surface area contributed by atoms with Crippen molar-refractivity contribution in [2.24, 2.45) is 0 Å². The highest BCUT2D eigenvalue weighted by atomic mass is 16.5. The van der Waals surface area contributed by atoms with Crippen LogP contribution in [-0.2, 0) is 12.8 Å². The van der Waals surface area contributed by atoms with E-state index in [0.29, 0.717) is 0 Å². The normalized spacial score (nSPS) is 11.0. The molecule has 0 bridgehead atoms. The lowest BCUT2D eigenvalue weighted by Gasteiger charge is -2.03. The Kier molecular flexibility index (Phi) is 6.55. The number of hydrogen-bond acceptors (Lipinski definition) is 3. The first-order valence-electron chi connectivity index (χ1n) is 7.98. The summed E-state index contributed by atoms with van der Waals surface area (Å²) < 4.78 is 5.14. The zero-order valence-electron chi connectivity index (χ0n) is 13.5. The summed E-state index contributed by atoms with van der Waals surface area (Å²) in [7, 11) is 1.68. The van der Waals surface area contributed by atoms with Crippen LogP contribution in [-0.4, -0.2) is 17.3 Å². The van der Waals surface area contributed by atoms with Crippen molar-refractivity contribution in [3.05, 3.63) is 65.7 Å². The fraction of sp³-hybridized carbons (Fsp3) is 0.300. The Morgan fingerprint density at radius 2 is 1.61 bits per heavy atom. The van der Waals surface area contributed by atoms with E-state index < -0.39 is 0 Å². The molecule has 0 saturated heterocycles. The van der Waals surface area contributed by atoms with Crippen LogP contribution >= 0.6 is 0 Å². The van der Waals surface area contributed by atoms with Crippen LogP contribution in [0.15, 0.2) is 54.6 Å². The molecular formula is C20H24O3. The molecule has 3 heteroatoms. The van der Waals surface area contributed by atoms with Crippen molar-refractivity contribution in [1.29, 1.82) is 0 Å². The monoisotopic (exact) mass is 312 g/mol. The van der Waals surface area contributed by atoms with Gasteiger partial charge in [0, 0.05) is 0 Å². The smallest absolute Gasteiger partial charge is 0.157 e. The number of phenols is 2. The van der Waals surface area contributed by atoms with Gasteiger partial charge in [0.05, 0.1) is 7.11 Å². The van der Waals surface area contributed by atoms with Crippen molar-refractivity contribution in [2.45, 2.75) is 32.1 Å². The number of unbranched alkanes of at least 4 members (excludes halogenated alkanes) is 2. The number of phenolic OH excluding ortho intramolecular Hbond substituents is 2. The van der Waals surface area contributed by atoms with Crippen molar-refractivity contribution in [1.82, 2.24) is 0 Å². The first-order chi connectivity index (χ1) is 11.2. The molecule has 0 heterocycles. The van der Waals surface area contributed by atoms with E-state index in [-0.39, 0.29) is 11.5 Å². The molecule has 2 aromatic carbocycles. The highest BCUT2D eigenvalue weighted by molar-refractivity contribution is 5.40. The van der Waals surface area contributed by atoms with Gasteiger partial charge < -0.3 is 14.9 Å². The third-order valence-corrected chi connectivity index (χ3v) is 3.81. The van der Waals surface area contributed by atoms with Crippen LogP contribution in [0.1, 0.15) is 30.4 Å². The van der Waals surface area contributed by atoms with E-state index in [1.54, 1.807) is 19.2 Å². The van der Waals surface area contributed by atoms with E-state index in [4.69, 9.17) is 4.74 Å². The average Bonchev–Trinajstić information content (AvgIpc) is 2.57. The van der Waals surface area contributed by atoms with Gasteiger partial charge >= 0.3 is 0 Å². The molecule has 3 nitrogen and oxygen atoms in total. The molecule has 122 valence electrons. The van der Waals surface area contributed by atoms with Gasteiger partial charge in [0.2, 0.25) is 0 Å². The summed E-state index contributed by atoms with van der Waals surface area (Å²) in [6.45, 7) is 0. The molecule has 2 N–H and O–H groups in total. The summed E-state index contributed by atoms with van der Waals surface area (Å²) in [4.78, 5) is 0. The number of ether oxygens (including phenoxy) is 1. The van der Waals surface area contributed by atoms with Gasteiger partial charge in [-0.2, -0.15) is 0 Å². The minimum absolute atomic E-state index is 0.0399. The molecule has 0 aliphatic rings. The maximum Gasteiger partial charge on any atom is 0.157 e. The van der Waals surface area contributed by atoms with Crippen LogP contribution in [0.3, 0.4) is 0 Å². The van der Waals surface area contributed by atoms with Crippen molar-refractivity contribution in [3.8, 4) is 17.2 Å². The fourth-order valence-corrected chi connectivity index (χ4v) is 2.41. The Balaban J connectivity index is 1.63. The standard InChI is InChI=1S/C20H24O3/c1-23-18-12-9-16(10-13-18)7-5-3-2-4-6-8-17-11-14-19(21)20(22)15-17/h3,5,9-15,21-22H,2,4,6-8H2,1H3/b5-3+. The van der Waals surface area contributed by atoms with E-state index in [0.717, 1.165) is 43.4 Å². The highest BCUT2D eigenvalue weighted by Crippen LogP contribution is 2.25. The van der Waals surface area contributed by atoms with Crippen LogP contribution in [0.5, 0.6) is 17.2 Å². The van der Waals surface area contributed by atoms with Gasteiger partial charge in [-0.1, -0.05) is 30.4 Å². The number of benzene rings is 2. The second-order valence-electron chi connectivity index (χ2n) is 5.59. The second-order valence-corrected chi connectivity index (χ2v) is 5.59. The Hall–Kier alpha value is -2.42. The Bertz CT molecular complexity index is 630. The topological polar surface area (TPSA) is 49.7 Å². The summed E-state index contributed by atoms with van der Waals surface area (Å²) >= 11 is 0. The molecule has 0 atom stereocenters. The van der Waals surface area contributed by atoms with Crippen LogP contribution < -0.4 is 4.74 Å². The fourth-order valence-electron chi connectivity index (χ4n) is 2.41. The minimum atomic E-state index is -0.0600. The Labute approximate surface area is 137 Å². The van der Waals surface area contributed by atoms with Crippen LogP contribution in [0.2, 0.25) is 0 Å². The van der Waals surface area contributed by atoms with Gasteiger partial charge in [0.1, 0.15) is 5.75 Å². The zero-order valence-corrected chi connectivity index (χ0v) is 13.5. The van der Waals surface area contributed by atoms with Crippen LogP contribution in [0.25, 0.3) is 0 Å². The van der Waals surface area contributed by atoms with Gasteiger partial charge in [0.25, 0.3) is 0 Å². The summed E-state index contributed by atoms with van der Waals surface area (Å²) in [5, 5.41) is 18.7. The van der Waals surface area contributed by atoms with Gasteiger partial charge in [0.15, 0.2) is 11.5 Å². The Morgan fingerprint density at radius 1 is 0.870 bits per heavy atom. The predicted octanol–water partition coefficient (Wildman–Crippen LogP) is 4.62. The van der Waals surface area contributed by atoms with Crippen molar-refractivity contribution in [2.75, 3.05) is 7.11 Å². The minimum Gasteiger partial charge on any atom is -0.504 e. The molecule has 0 amide bonds. The summed E-state index contributed by atoms with van der Waals surface area (Å²) in [5.41, 5.74) is 2.34. The molecule has 0 unspecified atom stereocenters. The van der Waals surface area contributed by atoms with Crippen molar-refractivity contribution >= 4 is 0 Å². The second kappa shape index (κ2) is 8.89. The summed E-state index contributed by atoms with van der Waals surface area (Å²) in [6.07, 6.45) is 9.51. The highest BCUT2D eigenvalue weighted by Gasteiger charge is 2.00. The zero-order chi connectivity index (χ0) is 16.5. The van der Waals surface area contributed by atoms with Crippen molar-refractivity contribution in [3.63, 3.8) is 0 Å². The van der Waals surface area contributed by atoms with E-state index in [9.17, 15) is 10.2 Å². The molecule has 0 fully saturated rings. The molecule has 0 saturated carbocycles. The molecule has 0 aliphatic heterocycles. The molecule has 0 aliphatic carbocycles. The molecule has 2 rings (SSSR count). The lowest BCUT2D eigenvalue weighted by Crippen LogP contribution is -1.86. The maximum atomic E-state index is 9.44. The third-order valence-electron chi connectivity index (χ3n) is 3.81. The molecule has 0 aromatic heterocycles. The first kappa shape index (κ1) is 16.9. The molecule has 23 heavy (non-hydrogen) atoms. The van der Waals surface area contributed by atoms with Gasteiger partial charge in [-0.15, -0.1) is 0 Å². The largest absolute Gasteiger partial charge is 0.504 e. The summed E-state index contributed by atoms with van der Waals surface area (Å²) in [5.74, 6) is 0.787. The van der Waals surface area contributed by atoms with E-state index in [1.807, 2.05) is 18.2 Å². The van der Waals surface area contributed by atoms with Crippen LogP contribution in [0, 0.1) is 0 Å². The third kappa shape index (κ3) is 5.70. The first-order valence-corrected chi connectivity index (χ1v) is 7.98. The quantitative estimate of drug-likeness (QED) is 0.425. The predicted molar refractivity (Wildman–Crippen MR) is 93.2 cm³/mol. The SMILES string of the molecule is COc1ccc(C/C=C/CCCCc2ccc(O)c(O)c2)cc1. The average molecular weight is 312 g/mol. The maximum absolute atomic E-state index is 9.44. The number of rotatable bonds is 8. The lowest BCUT2D eigenvalue weighted by atomic mass is 10.1. The van der Waals surface area contributed by atoms with Crippen LogP contribution in [0.4, 0.5) is 0 Å². The summed E-state index contributed by atoms with van der Waals surface area (Å²) in [6, 6.07) is 13.2. The van der Waals surface area contributed by atoms with Gasteiger partial charge in [-0.05, 0) is 67.5 Å². The molecule has 2 aromatic rings. The Morgan fingerprint density at radius 3 is 2.30 bits per heavy atom. The number of allylic oxidation sites excluding steroid dienone is 2. The number of aromatic hydroxyl groups is 2. The van der Waals surface area contributed by atoms with Crippen molar-refractivity contribution < 1.29 is 14.9 Å². The number of aryl methyl sites for hydroxylation is 1. The van der Waals surface area contributed by atoms with Gasteiger partial charge in [-0.3, -0.25) is 0 Å². The van der Waals surface area contributed by atoms with Gasteiger partial charge in [-0.25, -0.2) is 0 Å². The van der Waals surface area contributed by atoms with E-state index in [2.05, 4.69) is 24.3 Å². The number of hydrogen-bond donors (Lipinski definition) is 2. The van der Waals surface area contributed by atoms with E-state index >= 15 is 0 Å². The lowest BCUT2D eigenvalue weighted by molar-refractivity contribution is 0.403. The van der Waals surface area contributed by atoms with E-state index in [1.165, 1.54) is 5.56 Å².